The lowest BCUT2D eigenvalue weighted by Crippen LogP contribution is -1.95. The van der Waals surface area contributed by atoms with Crippen LogP contribution in [-0.2, 0) is 15.4 Å². The molecule has 0 atom stereocenters. The molecular formula is C8H13ClN2O2. The van der Waals surface area contributed by atoms with Gasteiger partial charge in [0.25, 0.3) is 0 Å². The number of carbonyl (C=O) groups is 1. The average molecular weight is 205 g/mol. The summed E-state index contributed by atoms with van der Waals surface area (Å²) in [4.78, 5) is 9.82. The Hall–Kier alpha value is -1.03. The smallest absolute Gasteiger partial charge is 0.302 e. The quantitative estimate of drug-likeness (QED) is 0.590. The summed E-state index contributed by atoms with van der Waals surface area (Å²) < 4.78 is 4.40. The van der Waals surface area contributed by atoms with Crippen LogP contribution < -0.4 is 0 Å². The Morgan fingerprint density at radius 3 is 2.62 bits per heavy atom. The third kappa shape index (κ3) is 7.33. The Kier molecular flexibility index (Phi) is 7.01. The molecule has 0 bridgehead atoms. The van der Waals surface area contributed by atoms with Crippen molar-refractivity contribution >= 4 is 17.6 Å². The second-order valence-corrected chi connectivity index (χ2v) is 2.43. The molecule has 0 fully saturated rings. The van der Waals surface area contributed by atoms with Crippen molar-refractivity contribution in [2.24, 2.45) is 0 Å². The molecule has 5 heteroatoms. The Morgan fingerprint density at radius 2 is 2.46 bits per heavy atom. The number of aromatic nitrogens is 2. The summed E-state index contributed by atoms with van der Waals surface area (Å²) in [6.45, 7) is 3.65. The van der Waals surface area contributed by atoms with Gasteiger partial charge in [0.2, 0.25) is 0 Å². The van der Waals surface area contributed by atoms with Gasteiger partial charge in [-0.1, -0.05) is 0 Å². The van der Waals surface area contributed by atoms with Gasteiger partial charge < -0.3 is 4.74 Å². The summed E-state index contributed by atoms with van der Waals surface area (Å²) in [5.74, 6) is 0.328. The van der Waals surface area contributed by atoms with Crippen molar-refractivity contribution in [1.82, 2.24) is 10.2 Å². The van der Waals surface area contributed by atoms with Gasteiger partial charge in [-0.3, -0.25) is 9.89 Å². The minimum absolute atomic E-state index is 0.211. The molecule has 0 spiro atoms. The molecule has 0 radical (unpaired) electrons. The number of carbonyl (C=O) groups excluding carboxylic acids is 1. The van der Waals surface area contributed by atoms with Gasteiger partial charge in [-0.2, -0.15) is 5.10 Å². The van der Waals surface area contributed by atoms with E-state index in [0.29, 0.717) is 12.5 Å². The fourth-order valence-corrected chi connectivity index (χ4v) is 0.700. The molecule has 0 amide bonds. The minimum Gasteiger partial charge on any atom is -0.466 e. The van der Waals surface area contributed by atoms with E-state index in [1.54, 1.807) is 19.3 Å². The predicted molar refractivity (Wildman–Crippen MR) is 50.5 cm³/mol. The fourth-order valence-electron chi connectivity index (χ4n) is 0.554. The number of nitrogens with zero attached hydrogens (tertiary/aromatic N) is 1. The molecule has 0 saturated heterocycles. The van der Waals surface area contributed by atoms with E-state index in [9.17, 15) is 4.79 Å². The van der Waals surface area contributed by atoms with Crippen molar-refractivity contribution < 1.29 is 9.53 Å². The largest absolute Gasteiger partial charge is 0.466 e. The first-order chi connectivity index (χ1) is 6.20. The van der Waals surface area contributed by atoms with Crippen molar-refractivity contribution in [3.8, 4) is 0 Å². The average Bonchev–Trinajstić information content (AvgIpc) is 2.56. The van der Waals surface area contributed by atoms with Crippen molar-refractivity contribution in [1.29, 1.82) is 0 Å². The lowest BCUT2D eigenvalue weighted by molar-refractivity contribution is -0.140. The third-order valence-electron chi connectivity index (χ3n) is 1.06. The molecule has 1 heterocycles. The summed E-state index contributed by atoms with van der Waals surface area (Å²) >= 11 is 5.41. The van der Waals surface area contributed by atoms with Crippen LogP contribution in [0.4, 0.5) is 0 Å². The maximum absolute atomic E-state index is 9.82. The minimum atomic E-state index is -0.211. The van der Waals surface area contributed by atoms with Crippen LogP contribution in [-0.4, -0.2) is 22.8 Å². The van der Waals surface area contributed by atoms with Crippen LogP contribution >= 0.6 is 11.6 Å². The van der Waals surface area contributed by atoms with E-state index in [2.05, 4.69) is 14.9 Å². The van der Waals surface area contributed by atoms with Crippen molar-refractivity contribution in [3.05, 3.63) is 18.0 Å². The third-order valence-corrected chi connectivity index (χ3v) is 1.37. The van der Waals surface area contributed by atoms with Crippen molar-refractivity contribution in [2.75, 3.05) is 6.61 Å². The van der Waals surface area contributed by atoms with Crippen LogP contribution in [0, 0.1) is 0 Å². The van der Waals surface area contributed by atoms with Crippen LogP contribution in [0.5, 0.6) is 0 Å². The van der Waals surface area contributed by atoms with Crippen LogP contribution in [0.2, 0.25) is 0 Å². The van der Waals surface area contributed by atoms with Crippen molar-refractivity contribution in [3.63, 3.8) is 0 Å². The first-order valence-corrected chi connectivity index (χ1v) is 4.41. The van der Waals surface area contributed by atoms with Gasteiger partial charge in [-0.05, 0) is 6.92 Å². The number of H-pyrrole nitrogens is 1. The maximum atomic E-state index is 9.82. The summed E-state index contributed by atoms with van der Waals surface area (Å²) in [6, 6.07) is 0. The molecule has 0 saturated carbocycles. The molecule has 0 unspecified atom stereocenters. The number of esters is 1. The molecular weight excluding hydrogens is 192 g/mol. The van der Waals surface area contributed by atoms with Crippen molar-refractivity contribution in [2.45, 2.75) is 19.7 Å². The number of hydrogen-bond donors (Lipinski definition) is 1. The molecule has 0 aliphatic heterocycles. The second kappa shape index (κ2) is 7.61. The highest BCUT2D eigenvalue weighted by Crippen LogP contribution is 1.96. The molecule has 4 nitrogen and oxygen atoms in total. The Balaban J connectivity index is 0.000000226. The molecule has 0 aliphatic carbocycles. The lowest BCUT2D eigenvalue weighted by Gasteiger charge is -1.89. The van der Waals surface area contributed by atoms with Gasteiger partial charge in [0.05, 0.1) is 18.7 Å². The lowest BCUT2D eigenvalue weighted by atomic mass is 10.4. The van der Waals surface area contributed by atoms with E-state index in [0.717, 1.165) is 5.56 Å². The number of aromatic amines is 1. The molecule has 13 heavy (non-hydrogen) atoms. The monoisotopic (exact) mass is 204 g/mol. The maximum Gasteiger partial charge on any atom is 0.302 e. The number of ether oxygens (including phenoxy) is 1. The zero-order valence-electron chi connectivity index (χ0n) is 7.71. The molecule has 74 valence electrons. The zero-order valence-corrected chi connectivity index (χ0v) is 8.47. The normalized spacial score (nSPS) is 8.54. The summed E-state index contributed by atoms with van der Waals surface area (Å²) in [5.41, 5.74) is 1.03. The van der Waals surface area contributed by atoms with E-state index in [1.165, 1.54) is 6.92 Å². The number of alkyl halides is 1. The molecule has 0 aromatic carbocycles. The van der Waals surface area contributed by atoms with Gasteiger partial charge >= 0.3 is 5.97 Å². The van der Waals surface area contributed by atoms with Gasteiger partial charge in [-0.25, -0.2) is 0 Å². The van der Waals surface area contributed by atoms with Crippen LogP contribution in [0.1, 0.15) is 19.4 Å². The van der Waals surface area contributed by atoms with E-state index in [4.69, 9.17) is 11.6 Å². The predicted octanol–water partition coefficient (Wildman–Crippen LogP) is 1.72. The number of halogens is 1. The number of rotatable bonds is 2. The Morgan fingerprint density at radius 1 is 1.77 bits per heavy atom. The highest BCUT2D eigenvalue weighted by molar-refractivity contribution is 6.17. The number of nitrogens with one attached hydrogen (secondary N) is 1. The van der Waals surface area contributed by atoms with Crippen LogP contribution in [0.15, 0.2) is 12.4 Å². The van der Waals surface area contributed by atoms with E-state index in [-0.39, 0.29) is 5.97 Å². The molecule has 1 N–H and O–H groups in total. The fraction of sp³-hybridized carbons (Fsp3) is 0.500. The zero-order chi connectivity index (χ0) is 10.1. The topological polar surface area (TPSA) is 55.0 Å². The Bertz CT molecular complexity index is 224. The SMILES string of the molecule is CCOC(C)=O.ClCc1cn[nH]c1. The van der Waals surface area contributed by atoms with E-state index >= 15 is 0 Å². The summed E-state index contributed by atoms with van der Waals surface area (Å²) in [5, 5.41) is 6.33. The summed E-state index contributed by atoms with van der Waals surface area (Å²) in [7, 11) is 0. The Labute approximate surface area is 82.2 Å². The first kappa shape index (κ1) is 12.0. The number of hydrogen-bond acceptors (Lipinski definition) is 3. The molecule has 1 aromatic heterocycles. The van der Waals surface area contributed by atoms with Crippen LogP contribution in [0.3, 0.4) is 0 Å². The molecule has 1 aromatic rings. The van der Waals surface area contributed by atoms with Crippen LogP contribution in [0.25, 0.3) is 0 Å². The highest BCUT2D eigenvalue weighted by atomic mass is 35.5. The van der Waals surface area contributed by atoms with E-state index in [1.807, 2.05) is 0 Å². The first-order valence-electron chi connectivity index (χ1n) is 3.87. The van der Waals surface area contributed by atoms with Gasteiger partial charge in [-0.15, -0.1) is 11.6 Å². The molecule has 1 rings (SSSR count). The highest BCUT2D eigenvalue weighted by Gasteiger charge is 1.84. The van der Waals surface area contributed by atoms with Gasteiger partial charge in [0.1, 0.15) is 0 Å². The van der Waals surface area contributed by atoms with E-state index < -0.39 is 0 Å². The summed E-state index contributed by atoms with van der Waals surface area (Å²) in [6.07, 6.45) is 3.47. The standard InChI is InChI=1S/C4H5ClN2.C4H8O2/c5-1-4-2-6-7-3-4;1-3-6-4(2)5/h2-3H,1H2,(H,6,7);3H2,1-2H3. The van der Waals surface area contributed by atoms with Gasteiger partial charge in [0.15, 0.2) is 0 Å². The van der Waals surface area contributed by atoms with Gasteiger partial charge in [0, 0.05) is 18.7 Å². The molecule has 0 aliphatic rings. The second-order valence-electron chi connectivity index (χ2n) is 2.16.